The average Bonchev–Trinajstić information content (AvgIpc) is 2.76. The average molecular weight is 323 g/mol. The highest BCUT2D eigenvalue weighted by molar-refractivity contribution is 7.71. The molecular weight excluding hydrogens is 311 g/mol. The Labute approximate surface area is 130 Å². The van der Waals surface area contributed by atoms with Crippen LogP contribution >= 0.6 is 23.8 Å². The summed E-state index contributed by atoms with van der Waals surface area (Å²) in [5.41, 5.74) is 2.35. The standard InChI is InChI=1S/C15H12ClFN2OS/c1-20-14-5-3-2-4-9(14)8-19-13-7-11(17)10(16)6-12(13)18-15(19)21/h2-7H,8H2,1H3,(H,18,21). The molecule has 1 aromatic heterocycles. The smallest absolute Gasteiger partial charge is 0.178 e. The molecule has 2 aromatic carbocycles. The van der Waals surface area contributed by atoms with Gasteiger partial charge in [0, 0.05) is 11.6 Å². The summed E-state index contributed by atoms with van der Waals surface area (Å²) in [5.74, 6) is 0.301. The van der Waals surface area contributed by atoms with Crippen molar-refractivity contribution < 1.29 is 9.13 Å². The number of imidazole rings is 1. The van der Waals surface area contributed by atoms with Crippen LogP contribution in [0, 0.1) is 10.6 Å². The van der Waals surface area contributed by atoms with Gasteiger partial charge in [-0.1, -0.05) is 29.8 Å². The van der Waals surface area contributed by atoms with E-state index in [0.29, 0.717) is 22.3 Å². The van der Waals surface area contributed by atoms with E-state index in [1.54, 1.807) is 13.2 Å². The number of aromatic amines is 1. The van der Waals surface area contributed by atoms with E-state index < -0.39 is 5.82 Å². The molecule has 1 heterocycles. The first-order valence-electron chi connectivity index (χ1n) is 6.29. The summed E-state index contributed by atoms with van der Waals surface area (Å²) in [6, 6.07) is 10.6. The van der Waals surface area contributed by atoms with E-state index in [2.05, 4.69) is 4.98 Å². The predicted octanol–water partition coefficient (Wildman–Crippen LogP) is 4.55. The molecule has 0 radical (unpaired) electrons. The second-order valence-corrected chi connectivity index (χ2v) is 5.41. The third-order valence-electron chi connectivity index (χ3n) is 3.34. The number of halogens is 2. The maximum atomic E-state index is 13.7. The summed E-state index contributed by atoms with van der Waals surface area (Å²) in [7, 11) is 1.62. The lowest BCUT2D eigenvalue weighted by molar-refractivity contribution is 0.408. The normalized spacial score (nSPS) is 11.0. The molecule has 0 amide bonds. The lowest BCUT2D eigenvalue weighted by Gasteiger charge is -2.09. The van der Waals surface area contributed by atoms with E-state index in [1.807, 2.05) is 28.8 Å². The maximum Gasteiger partial charge on any atom is 0.178 e. The number of para-hydroxylation sites is 1. The molecule has 21 heavy (non-hydrogen) atoms. The molecule has 3 rings (SSSR count). The zero-order valence-electron chi connectivity index (χ0n) is 11.2. The summed E-state index contributed by atoms with van der Waals surface area (Å²) >= 11 is 11.1. The van der Waals surface area contributed by atoms with Gasteiger partial charge in [0.15, 0.2) is 4.77 Å². The molecule has 3 nitrogen and oxygen atoms in total. The molecule has 0 atom stereocenters. The number of fused-ring (bicyclic) bond motifs is 1. The van der Waals surface area contributed by atoms with Crippen LogP contribution < -0.4 is 4.74 Å². The van der Waals surface area contributed by atoms with Crippen molar-refractivity contribution in [1.82, 2.24) is 9.55 Å². The number of methoxy groups -OCH3 is 1. The molecule has 0 unspecified atom stereocenters. The summed E-state index contributed by atoms with van der Waals surface area (Å²) in [4.78, 5) is 3.04. The van der Waals surface area contributed by atoms with Gasteiger partial charge in [-0.05, 0) is 24.4 Å². The molecule has 0 spiro atoms. The number of hydrogen-bond acceptors (Lipinski definition) is 2. The number of H-pyrrole nitrogens is 1. The lowest BCUT2D eigenvalue weighted by Crippen LogP contribution is -2.02. The molecule has 108 valence electrons. The van der Waals surface area contributed by atoms with Crippen LogP contribution in [0.25, 0.3) is 11.0 Å². The number of rotatable bonds is 3. The second-order valence-electron chi connectivity index (χ2n) is 4.61. The van der Waals surface area contributed by atoms with Crippen molar-refractivity contribution in [3.63, 3.8) is 0 Å². The first kappa shape index (κ1) is 14.1. The zero-order valence-corrected chi connectivity index (χ0v) is 12.8. The van der Waals surface area contributed by atoms with Crippen LogP contribution in [0.1, 0.15) is 5.56 Å². The van der Waals surface area contributed by atoms with E-state index in [0.717, 1.165) is 11.3 Å². The third kappa shape index (κ3) is 2.54. The van der Waals surface area contributed by atoms with Crippen LogP contribution in [0.4, 0.5) is 4.39 Å². The summed E-state index contributed by atoms with van der Waals surface area (Å²) in [5, 5.41) is 0.0724. The summed E-state index contributed by atoms with van der Waals surface area (Å²) in [6.45, 7) is 0.490. The van der Waals surface area contributed by atoms with Gasteiger partial charge in [-0.2, -0.15) is 0 Å². The van der Waals surface area contributed by atoms with Gasteiger partial charge in [-0.15, -0.1) is 0 Å². The number of benzene rings is 2. The van der Waals surface area contributed by atoms with Gasteiger partial charge in [0.1, 0.15) is 11.6 Å². The molecular formula is C15H12ClFN2OS. The quantitative estimate of drug-likeness (QED) is 0.717. The number of nitrogens with zero attached hydrogens (tertiary/aromatic N) is 1. The Balaban J connectivity index is 2.14. The first-order chi connectivity index (χ1) is 10.1. The highest BCUT2D eigenvalue weighted by atomic mass is 35.5. The Hall–Kier alpha value is -1.85. The van der Waals surface area contributed by atoms with E-state index >= 15 is 0 Å². The summed E-state index contributed by atoms with van der Waals surface area (Å²) in [6.07, 6.45) is 0. The number of hydrogen-bond donors (Lipinski definition) is 1. The van der Waals surface area contributed by atoms with Crippen LogP contribution in [-0.2, 0) is 6.54 Å². The van der Waals surface area contributed by atoms with Gasteiger partial charge in [-0.25, -0.2) is 4.39 Å². The molecule has 3 aromatic rings. The van der Waals surface area contributed by atoms with Crippen molar-refractivity contribution in [2.45, 2.75) is 6.54 Å². The Bertz CT molecular complexity index is 872. The van der Waals surface area contributed by atoms with Gasteiger partial charge in [0.2, 0.25) is 0 Å². The minimum Gasteiger partial charge on any atom is -0.496 e. The predicted molar refractivity (Wildman–Crippen MR) is 84.2 cm³/mol. The Morgan fingerprint density at radius 3 is 2.86 bits per heavy atom. The fourth-order valence-corrected chi connectivity index (χ4v) is 2.75. The molecule has 0 fully saturated rings. The molecule has 0 aliphatic heterocycles. The monoisotopic (exact) mass is 322 g/mol. The molecule has 0 aliphatic carbocycles. The fraction of sp³-hybridized carbons (Fsp3) is 0.133. The van der Waals surface area contributed by atoms with Crippen molar-refractivity contribution >= 4 is 34.9 Å². The van der Waals surface area contributed by atoms with E-state index in [-0.39, 0.29) is 5.02 Å². The van der Waals surface area contributed by atoms with Crippen molar-refractivity contribution in [3.05, 3.63) is 57.6 Å². The number of nitrogens with one attached hydrogen (secondary N) is 1. The van der Waals surface area contributed by atoms with Gasteiger partial charge in [0.05, 0.1) is 29.7 Å². The lowest BCUT2D eigenvalue weighted by atomic mass is 10.2. The molecule has 6 heteroatoms. The first-order valence-corrected chi connectivity index (χ1v) is 7.08. The van der Waals surface area contributed by atoms with Crippen LogP contribution in [0.2, 0.25) is 5.02 Å². The van der Waals surface area contributed by atoms with Crippen molar-refractivity contribution in [3.8, 4) is 5.75 Å². The van der Waals surface area contributed by atoms with Crippen LogP contribution in [0.15, 0.2) is 36.4 Å². The topological polar surface area (TPSA) is 29.9 Å². The van der Waals surface area contributed by atoms with E-state index in [1.165, 1.54) is 6.07 Å². The largest absolute Gasteiger partial charge is 0.496 e. The summed E-state index contributed by atoms with van der Waals surface area (Å²) < 4.78 is 21.4. The second kappa shape index (κ2) is 5.50. The fourth-order valence-electron chi connectivity index (χ4n) is 2.31. The van der Waals surface area contributed by atoms with Gasteiger partial charge >= 0.3 is 0 Å². The van der Waals surface area contributed by atoms with Crippen molar-refractivity contribution in [2.75, 3.05) is 7.11 Å². The molecule has 0 bridgehead atoms. The minimum atomic E-state index is -0.466. The maximum absolute atomic E-state index is 13.7. The highest BCUT2D eigenvalue weighted by Crippen LogP contribution is 2.25. The van der Waals surface area contributed by atoms with Gasteiger partial charge in [-0.3, -0.25) is 0 Å². The van der Waals surface area contributed by atoms with Crippen LogP contribution in [-0.4, -0.2) is 16.7 Å². The molecule has 0 saturated carbocycles. The minimum absolute atomic E-state index is 0.0724. The highest BCUT2D eigenvalue weighted by Gasteiger charge is 2.11. The Morgan fingerprint density at radius 1 is 1.33 bits per heavy atom. The Kier molecular flexibility index (Phi) is 3.69. The molecule has 0 saturated heterocycles. The van der Waals surface area contributed by atoms with Crippen LogP contribution in [0.5, 0.6) is 5.75 Å². The van der Waals surface area contributed by atoms with Gasteiger partial charge in [0.25, 0.3) is 0 Å². The van der Waals surface area contributed by atoms with Crippen molar-refractivity contribution in [2.24, 2.45) is 0 Å². The van der Waals surface area contributed by atoms with E-state index in [4.69, 9.17) is 28.6 Å². The molecule has 1 N–H and O–H groups in total. The molecule has 0 aliphatic rings. The van der Waals surface area contributed by atoms with Crippen LogP contribution in [0.3, 0.4) is 0 Å². The SMILES string of the molecule is COc1ccccc1Cn1c(=S)[nH]c2cc(Cl)c(F)cc21. The number of ether oxygens (including phenoxy) is 1. The van der Waals surface area contributed by atoms with Gasteiger partial charge < -0.3 is 14.3 Å². The number of aromatic nitrogens is 2. The van der Waals surface area contributed by atoms with Crippen molar-refractivity contribution in [1.29, 1.82) is 0 Å². The Morgan fingerprint density at radius 2 is 2.10 bits per heavy atom. The third-order valence-corrected chi connectivity index (χ3v) is 3.95. The van der Waals surface area contributed by atoms with E-state index in [9.17, 15) is 4.39 Å². The zero-order chi connectivity index (χ0) is 15.0.